The number of hydrogen-bond donors (Lipinski definition) is 2. The van der Waals surface area contributed by atoms with Crippen molar-refractivity contribution in [3.05, 3.63) is 47.4 Å². The summed E-state index contributed by atoms with van der Waals surface area (Å²) < 4.78 is 4.16. The van der Waals surface area contributed by atoms with E-state index in [4.69, 9.17) is 5.73 Å². The second-order valence-corrected chi connectivity index (χ2v) is 4.60. The summed E-state index contributed by atoms with van der Waals surface area (Å²) in [6.07, 6.45) is 2.70. The van der Waals surface area contributed by atoms with Crippen LogP contribution in [0, 0.1) is 0 Å². The molecule has 1 atom stereocenters. The number of aromatic amines is 1. The fourth-order valence-corrected chi connectivity index (χ4v) is 2.41. The third-order valence-corrected chi connectivity index (χ3v) is 3.28. The molecule has 0 saturated carbocycles. The lowest BCUT2D eigenvalue weighted by Crippen LogP contribution is -2.14. The Morgan fingerprint density at radius 2 is 2.29 bits per heavy atom. The normalized spacial score (nSPS) is 13.0. The predicted molar refractivity (Wildman–Crippen MR) is 68.8 cm³/mol. The van der Waals surface area contributed by atoms with Crippen LogP contribution >= 0.6 is 11.5 Å². The van der Waals surface area contributed by atoms with Crippen molar-refractivity contribution in [3.63, 3.8) is 0 Å². The number of fused-ring (bicyclic) bond motifs is 1. The number of nitrogens with zero attached hydrogens (tertiary/aromatic N) is 2. The third-order valence-electron chi connectivity index (χ3n) is 2.78. The van der Waals surface area contributed by atoms with Gasteiger partial charge in [-0.3, -0.25) is 0 Å². The molecule has 3 aromatic rings. The first-order valence-corrected chi connectivity index (χ1v) is 6.24. The number of H-pyrrole nitrogens is 1. The molecule has 0 amide bonds. The maximum atomic E-state index is 6.06. The molecule has 5 heteroatoms. The van der Waals surface area contributed by atoms with E-state index in [1.807, 2.05) is 6.20 Å². The molecule has 1 unspecified atom stereocenters. The van der Waals surface area contributed by atoms with Crippen LogP contribution in [-0.2, 0) is 6.42 Å². The maximum absolute atomic E-state index is 6.06. The topological polar surface area (TPSA) is 67.6 Å². The van der Waals surface area contributed by atoms with E-state index in [1.54, 1.807) is 5.51 Å². The van der Waals surface area contributed by atoms with E-state index < -0.39 is 0 Å². The highest BCUT2D eigenvalue weighted by Gasteiger charge is 2.10. The largest absolute Gasteiger partial charge is 0.361 e. The average molecular weight is 244 g/mol. The standard InChI is InChI=1S/C12H12N4S/c13-10(12-15-7-17-16-12)6-8-1-2-11-9(5-8)3-4-14-11/h1-5,7,10,14H,6,13H2. The van der Waals surface area contributed by atoms with Gasteiger partial charge in [-0.05, 0) is 47.1 Å². The van der Waals surface area contributed by atoms with E-state index in [1.165, 1.54) is 22.5 Å². The molecule has 1 aromatic carbocycles. The highest BCUT2D eigenvalue weighted by molar-refractivity contribution is 7.03. The molecule has 3 rings (SSSR count). The minimum atomic E-state index is -0.127. The molecule has 3 N–H and O–H groups in total. The van der Waals surface area contributed by atoms with E-state index in [2.05, 4.69) is 38.6 Å². The zero-order valence-corrected chi connectivity index (χ0v) is 9.95. The number of rotatable bonds is 3. The summed E-state index contributed by atoms with van der Waals surface area (Å²) in [5.41, 5.74) is 10.1. The van der Waals surface area contributed by atoms with Crippen molar-refractivity contribution in [3.8, 4) is 0 Å². The van der Waals surface area contributed by atoms with Crippen LogP contribution in [0.15, 0.2) is 36.0 Å². The fraction of sp³-hybridized carbons (Fsp3) is 0.167. The van der Waals surface area contributed by atoms with Crippen molar-refractivity contribution >= 4 is 22.4 Å². The summed E-state index contributed by atoms with van der Waals surface area (Å²) in [4.78, 5) is 7.31. The van der Waals surface area contributed by atoms with E-state index in [0.29, 0.717) is 0 Å². The van der Waals surface area contributed by atoms with Gasteiger partial charge in [0.05, 0.1) is 6.04 Å². The Morgan fingerprint density at radius 3 is 3.12 bits per heavy atom. The van der Waals surface area contributed by atoms with Gasteiger partial charge in [-0.25, -0.2) is 4.98 Å². The van der Waals surface area contributed by atoms with E-state index in [-0.39, 0.29) is 6.04 Å². The van der Waals surface area contributed by atoms with Gasteiger partial charge in [0.2, 0.25) is 0 Å². The second kappa shape index (κ2) is 4.27. The molecule has 17 heavy (non-hydrogen) atoms. The van der Waals surface area contributed by atoms with Gasteiger partial charge >= 0.3 is 0 Å². The molecule has 0 bridgehead atoms. The van der Waals surface area contributed by atoms with Gasteiger partial charge in [0.1, 0.15) is 5.51 Å². The number of hydrogen-bond acceptors (Lipinski definition) is 4. The number of benzene rings is 1. The van der Waals surface area contributed by atoms with Gasteiger partial charge < -0.3 is 10.7 Å². The van der Waals surface area contributed by atoms with E-state index in [0.717, 1.165) is 17.8 Å². The van der Waals surface area contributed by atoms with Crippen molar-refractivity contribution in [2.24, 2.45) is 5.73 Å². The van der Waals surface area contributed by atoms with E-state index in [9.17, 15) is 0 Å². The molecule has 0 aliphatic carbocycles. The van der Waals surface area contributed by atoms with Crippen LogP contribution in [0.4, 0.5) is 0 Å². The summed E-state index contributed by atoms with van der Waals surface area (Å²) in [5.74, 6) is 0.726. The molecule has 0 saturated heterocycles. The first kappa shape index (κ1) is 10.4. The Morgan fingerprint density at radius 1 is 1.35 bits per heavy atom. The Bertz CT molecular complexity index is 614. The number of aromatic nitrogens is 3. The fourth-order valence-electron chi connectivity index (χ4n) is 1.92. The Hall–Kier alpha value is -1.72. The third kappa shape index (κ3) is 2.07. The van der Waals surface area contributed by atoms with Crippen LogP contribution in [0.3, 0.4) is 0 Å². The zero-order chi connectivity index (χ0) is 11.7. The van der Waals surface area contributed by atoms with Crippen molar-refractivity contribution < 1.29 is 0 Å². The van der Waals surface area contributed by atoms with Gasteiger partial charge in [-0.1, -0.05) is 6.07 Å². The minimum absolute atomic E-state index is 0.127. The number of nitrogens with two attached hydrogens (primary N) is 1. The summed E-state index contributed by atoms with van der Waals surface area (Å²) in [7, 11) is 0. The summed E-state index contributed by atoms with van der Waals surface area (Å²) in [6.45, 7) is 0. The van der Waals surface area contributed by atoms with Crippen LogP contribution in [0.25, 0.3) is 10.9 Å². The van der Waals surface area contributed by atoms with E-state index >= 15 is 0 Å². The SMILES string of the molecule is NC(Cc1ccc2[nH]ccc2c1)c1ncsn1. The molecule has 86 valence electrons. The van der Waals surface area contributed by atoms with Crippen LogP contribution < -0.4 is 5.73 Å². The van der Waals surface area contributed by atoms with Crippen LogP contribution in [0.5, 0.6) is 0 Å². The van der Waals surface area contributed by atoms with Gasteiger partial charge in [0, 0.05) is 11.7 Å². The smallest absolute Gasteiger partial charge is 0.159 e. The van der Waals surface area contributed by atoms with Gasteiger partial charge in [0.25, 0.3) is 0 Å². The first-order chi connectivity index (χ1) is 8.33. The van der Waals surface area contributed by atoms with Crippen LogP contribution in [0.2, 0.25) is 0 Å². The summed E-state index contributed by atoms with van der Waals surface area (Å²) in [5, 5.41) is 1.21. The molecule has 4 nitrogen and oxygen atoms in total. The summed E-state index contributed by atoms with van der Waals surface area (Å²) >= 11 is 1.34. The first-order valence-electron chi connectivity index (χ1n) is 5.41. The lowest BCUT2D eigenvalue weighted by molar-refractivity contribution is 0.681. The average Bonchev–Trinajstić information content (AvgIpc) is 2.99. The monoisotopic (exact) mass is 244 g/mol. The van der Waals surface area contributed by atoms with Crippen molar-refractivity contribution in [2.75, 3.05) is 0 Å². The van der Waals surface area contributed by atoms with Crippen LogP contribution in [0.1, 0.15) is 17.4 Å². The molecular formula is C12H12N4S. The highest BCUT2D eigenvalue weighted by atomic mass is 32.1. The molecule has 0 fully saturated rings. The Balaban J connectivity index is 1.84. The lowest BCUT2D eigenvalue weighted by Gasteiger charge is -2.07. The highest BCUT2D eigenvalue weighted by Crippen LogP contribution is 2.18. The molecule has 0 aliphatic heterocycles. The lowest BCUT2D eigenvalue weighted by atomic mass is 10.0. The van der Waals surface area contributed by atoms with Gasteiger partial charge in [-0.15, -0.1) is 0 Å². The summed E-state index contributed by atoms with van der Waals surface area (Å²) in [6, 6.07) is 8.25. The second-order valence-electron chi connectivity index (χ2n) is 4.00. The zero-order valence-electron chi connectivity index (χ0n) is 9.13. The molecule has 0 aliphatic rings. The number of nitrogens with one attached hydrogen (secondary N) is 1. The molecule has 2 aromatic heterocycles. The van der Waals surface area contributed by atoms with Crippen molar-refractivity contribution in [1.82, 2.24) is 14.3 Å². The molecule has 2 heterocycles. The van der Waals surface area contributed by atoms with Gasteiger partial charge in [0.15, 0.2) is 5.82 Å². The predicted octanol–water partition coefficient (Wildman–Crippen LogP) is 2.26. The van der Waals surface area contributed by atoms with Gasteiger partial charge in [-0.2, -0.15) is 4.37 Å². The molecule has 0 spiro atoms. The van der Waals surface area contributed by atoms with Crippen molar-refractivity contribution in [1.29, 1.82) is 0 Å². The minimum Gasteiger partial charge on any atom is -0.361 e. The molecule has 0 radical (unpaired) electrons. The maximum Gasteiger partial charge on any atom is 0.159 e. The van der Waals surface area contributed by atoms with Crippen molar-refractivity contribution in [2.45, 2.75) is 12.5 Å². The Labute approximate surface area is 103 Å². The molecular weight excluding hydrogens is 232 g/mol. The van der Waals surface area contributed by atoms with Crippen LogP contribution in [-0.4, -0.2) is 14.3 Å². The quantitative estimate of drug-likeness (QED) is 0.742. The Kier molecular flexibility index (Phi) is 2.62.